The zero-order valence-corrected chi connectivity index (χ0v) is 25.8. The first-order valence-corrected chi connectivity index (χ1v) is 14.8. The highest BCUT2D eigenvalue weighted by Crippen LogP contribution is 2.37. The molecule has 10 nitrogen and oxygen atoms in total. The summed E-state index contributed by atoms with van der Waals surface area (Å²) in [5, 5.41) is 12.5. The number of fused-ring (bicyclic) bond motifs is 1. The molecule has 0 fully saturated rings. The minimum Gasteiger partial charge on any atom is -0.493 e. The van der Waals surface area contributed by atoms with Crippen LogP contribution in [0, 0.1) is 10.1 Å². The highest BCUT2D eigenvalue weighted by Gasteiger charge is 2.35. The molecule has 0 aliphatic carbocycles. The van der Waals surface area contributed by atoms with Crippen molar-refractivity contribution in [3.8, 4) is 11.5 Å². The summed E-state index contributed by atoms with van der Waals surface area (Å²) in [5.74, 6) is -0.176. The Bertz CT molecular complexity index is 1970. The van der Waals surface area contributed by atoms with E-state index in [-0.39, 0.29) is 39.5 Å². The van der Waals surface area contributed by atoms with Crippen molar-refractivity contribution in [2.24, 2.45) is 4.99 Å². The van der Waals surface area contributed by atoms with Crippen LogP contribution in [0.4, 0.5) is 5.69 Å². The summed E-state index contributed by atoms with van der Waals surface area (Å²) in [4.78, 5) is 43.8. The van der Waals surface area contributed by atoms with Crippen LogP contribution in [0.5, 0.6) is 11.5 Å². The number of halogens is 1. The maximum Gasteiger partial charge on any atom is 0.338 e. The molecule has 0 spiro atoms. The van der Waals surface area contributed by atoms with E-state index in [1.807, 2.05) is 30.3 Å². The summed E-state index contributed by atoms with van der Waals surface area (Å²) in [5.41, 5.74) is 1.30. The first-order valence-electron chi connectivity index (χ1n) is 13.6. The molecule has 0 bridgehead atoms. The van der Waals surface area contributed by atoms with Crippen molar-refractivity contribution < 1.29 is 23.9 Å². The Morgan fingerprint density at radius 3 is 2.50 bits per heavy atom. The van der Waals surface area contributed by atoms with Crippen molar-refractivity contribution in [1.82, 2.24) is 4.57 Å². The molecule has 226 valence electrons. The van der Waals surface area contributed by atoms with Gasteiger partial charge in [-0.2, -0.15) is 0 Å². The zero-order chi connectivity index (χ0) is 31.5. The number of carbonyl (C=O) groups excluding carboxylic acids is 1. The van der Waals surface area contributed by atoms with Gasteiger partial charge in [0, 0.05) is 5.02 Å². The summed E-state index contributed by atoms with van der Waals surface area (Å²) in [7, 11) is 1.43. The van der Waals surface area contributed by atoms with Crippen molar-refractivity contribution in [3.05, 3.63) is 130 Å². The highest BCUT2D eigenvalue weighted by molar-refractivity contribution is 7.07. The van der Waals surface area contributed by atoms with Gasteiger partial charge in [-0.05, 0) is 50.1 Å². The van der Waals surface area contributed by atoms with E-state index in [9.17, 15) is 19.7 Å². The Kier molecular flexibility index (Phi) is 8.98. The number of esters is 1. The van der Waals surface area contributed by atoms with Crippen LogP contribution in [0.15, 0.2) is 87.8 Å². The fourth-order valence-electron chi connectivity index (χ4n) is 4.84. The number of thiazole rings is 1. The van der Waals surface area contributed by atoms with Crippen molar-refractivity contribution >= 4 is 40.7 Å². The molecule has 0 N–H and O–H groups in total. The Labute approximate surface area is 261 Å². The summed E-state index contributed by atoms with van der Waals surface area (Å²) < 4.78 is 18.4. The summed E-state index contributed by atoms with van der Waals surface area (Å²) in [6, 6.07) is 18.1. The molecule has 3 aromatic carbocycles. The molecule has 0 radical (unpaired) electrons. The SMILES string of the molecule is COc1cc(C=c2sc3n(c2=O)C(c2ccccc2Cl)C(C(=O)OC(C)C)=C(C)N=3)c([N+](=O)[O-])cc1OCc1ccccc1. The number of rotatable bonds is 9. The normalized spacial score (nSPS) is 14.7. The maximum atomic E-state index is 14.0. The number of nitro groups is 1. The van der Waals surface area contributed by atoms with Crippen molar-refractivity contribution in [2.75, 3.05) is 7.11 Å². The van der Waals surface area contributed by atoms with Gasteiger partial charge in [0.2, 0.25) is 0 Å². The van der Waals surface area contributed by atoms with E-state index in [2.05, 4.69) is 4.99 Å². The van der Waals surface area contributed by atoms with E-state index in [1.165, 1.54) is 29.9 Å². The standard InChI is InChI=1S/C32H28ClN3O7S/c1-18(2)43-31(38)28-19(3)34-32-35(29(28)22-12-8-9-13-23(22)33)30(37)27(44-32)15-21-14-25(41-4)26(16-24(21)36(39)40)42-17-20-10-6-5-7-11-20/h5-16,18,29H,17H2,1-4H3. The predicted octanol–water partition coefficient (Wildman–Crippen LogP) is 5.34. The topological polar surface area (TPSA) is 122 Å². The van der Waals surface area contributed by atoms with Gasteiger partial charge in [0.1, 0.15) is 12.6 Å². The summed E-state index contributed by atoms with van der Waals surface area (Å²) in [6.45, 7) is 5.30. The fraction of sp³-hybridized carbons (Fsp3) is 0.219. The molecule has 1 aromatic heterocycles. The second kappa shape index (κ2) is 12.9. The quantitative estimate of drug-likeness (QED) is 0.139. The Hall–Kier alpha value is -4.74. The third-order valence-electron chi connectivity index (χ3n) is 6.82. The van der Waals surface area contributed by atoms with Gasteiger partial charge in [0.15, 0.2) is 16.3 Å². The van der Waals surface area contributed by atoms with E-state index in [0.29, 0.717) is 21.1 Å². The molecule has 1 unspecified atom stereocenters. The van der Waals surface area contributed by atoms with E-state index in [1.54, 1.807) is 45.0 Å². The van der Waals surface area contributed by atoms with Gasteiger partial charge >= 0.3 is 5.97 Å². The second-order valence-electron chi connectivity index (χ2n) is 10.2. The summed E-state index contributed by atoms with van der Waals surface area (Å²) >= 11 is 7.62. The number of nitrogens with zero attached hydrogens (tertiary/aromatic N) is 3. The maximum absolute atomic E-state index is 14.0. The molecular formula is C32H28ClN3O7S. The van der Waals surface area contributed by atoms with Gasteiger partial charge in [0.25, 0.3) is 11.2 Å². The lowest BCUT2D eigenvalue weighted by Crippen LogP contribution is -2.40. The van der Waals surface area contributed by atoms with E-state index in [0.717, 1.165) is 16.9 Å². The fourth-order valence-corrected chi connectivity index (χ4v) is 6.12. The number of hydrogen-bond acceptors (Lipinski definition) is 9. The molecule has 1 aliphatic rings. The van der Waals surface area contributed by atoms with Crippen molar-refractivity contribution in [2.45, 2.75) is 39.5 Å². The lowest BCUT2D eigenvalue weighted by atomic mass is 9.96. The van der Waals surface area contributed by atoms with E-state index < -0.39 is 28.6 Å². The molecular weight excluding hydrogens is 606 g/mol. The molecule has 12 heteroatoms. The number of aromatic nitrogens is 1. The molecule has 2 heterocycles. The van der Waals surface area contributed by atoms with Crippen LogP contribution in [-0.2, 0) is 16.1 Å². The lowest BCUT2D eigenvalue weighted by Gasteiger charge is -2.26. The molecule has 1 aliphatic heterocycles. The molecule has 1 atom stereocenters. The van der Waals surface area contributed by atoms with Crippen molar-refractivity contribution in [3.63, 3.8) is 0 Å². The molecule has 0 saturated carbocycles. The van der Waals surface area contributed by atoms with Gasteiger partial charge in [-0.15, -0.1) is 0 Å². The number of carbonyl (C=O) groups is 1. The minimum absolute atomic E-state index is 0.133. The van der Waals surface area contributed by atoms with Gasteiger partial charge in [-0.1, -0.05) is 71.5 Å². The monoisotopic (exact) mass is 633 g/mol. The molecule has 44 heavy (non-hydrogen) atoms. The predicted molar refractivity (Wildman–Crippen MR) is 167 cm³/mol. The van der Waals surface area contributed by atoms with E-state index >= 15 is 0 Å². The second-order valence-corrected chi connectivity index (χ2v) is 11.6. The Balaban J connectivity index is 1.65. The molecule has 5 rings (SSSR count). The zero-order valence-electron chi connectivity index (χ0n) is 24.3. The smallest absolute Gasteiger partial charge is 0.338 e. The molecule has 4 aromatic rings. The number of benzene rings is 3. The number of methoxy groups -OCH3 is 1. The largest absolute Gasteiger partial charge is 0.493 e. The lowest BCUT2D eigenvalue weighted by molar-refractivity contribution is -0.385. The summed E-state index contributed by atoms with van der Waals surface area (Å²) in [6.07, 6.45) is 1.01. The number of allylic oxidation sites excluding steroid dienone is 1. The van der Waals surface area contributed by atoms with Gasteiger partial charge < -0.3 is 14.2 Å². The van der Waals surface area contributed by atoms with E-state index in [4.69, 9.17) is 25.8 Å². The minimum atomic E-state index is -0.924. The molecule has 0 saturated heterocycles. The van der Waals surface area contributed by atoms with Gasteiger partial charge in [0.05, 0.1) is 45.6 Å². The first kappa shape index (κ1) is 30.7. The number of nitro benzene ring substituents is 1. The Morgan fingerprint density at radius 1 is 1.14 bits per heavy atom. The van der Waals surface area contributed by atoms with Crippen LogP contribution in [0.25, 0.3) is 6.08 Å². The van der Waals surface area contributed by atoms with Crippen molar-refractivity contribution in [1.29, 1.82) is 0 Å². The third-order valence-corrected chi connectivity index (χ3v) is 8.14. The Morgan fingerprint density at radius 2 is 1.84 bits per heavy atom. The average Bonchev–Trinajstić information content (AvgIpc) is 3.29. The third kappa shape index (κ3) is 6.15. The van der Waals surface area contributed by atoms with Gasteiger partial charge in [-0.3, -0.25) is 19.5 Å². The van der Waals surface area contributed by atoms with Crippen LogP contribution in [-0.4, -0.2) is 28.7 Å². The molecule has 0 amide bonds. The van der Waals surface area contributed by atoms with Crippen LogP contribution < -0.4 is 24.4 Å². The van der Waals surface area contributed by atoms with Crippen LogP contribution in [0.3, 0.4) is 0 Å². The highest BCUT2D eigenvalue weighted by atomic mass is 35.5. The number of ether oxygens (including phenoxy) is 3. The number of hydrogen-bond donors (Lipinski definition) is 0. The van der Waals surface area contributed by atoms with Crippen LogP contribution in [0.1, 0.15) is 43.5 Å². The van der Waals surface area contributed by atoms with Crippen LogP contribution >= 0.6 is 22.9 Å². The van der Waals surface area contributed by atoms with Crippen LogP contribution in [0.2, 0.25) is 5.02 Å². The van der Waals surface area contributed by atoms with Gasteiger partial charge in [-0.25, -0.2) is 9.79 Å². The first-order chi connectivity index (χ1) is 21.1. The average molecular weight is 634 g/mol.